The van der Waals surface area contributed by atoms with Crippen molar-refractivity contribution < 1.29 is 0 Å². The van der Waals surface area contributed by atoms with Crippen molar-refractivity contribution in [2.24, 2.45) is 0 Å². The van der Waals surface area contributed by atoms with Gasteiger partial charge >= 0.3 is 0 Å². The van der Waals surface area contributed by atoms with Gasteiger partial charge in [0.2, 0.25) is 0 Å². The Labute approximate surface area is 63.2 Å². The van der Waals surface area contributed by atoms with Gasteiger partial charge in [0, 0.05) is 7.43 Å². The van der Waals surface area contributed by atoms with Crippen LogP contribution < -0.4 is 0 Å². The van der Waals surface area contributed by atoms with Gasteiger partial charge < -0.3 is 0 Å². The molecular weight excluding hydrogens is 120 g/mol. The fourth-order valence-electron chi connectivity index (χ4n) is 0.723. The third kappa shape index (κ3) is 2.06. The van der Waals surface area contributed by atoms with Crippen LogP contribution in [0.3, 0.4) is 0 Å². The van der Waals surface area contributed by atoms with Gasteiger partial charge in [-0.3, -0.25) is 0 Å². The van der Waals surface area contributed by atoms with Gasteiger partial charge in [-0.2, -0.15) is 0 Å². The van der Waals surface area contributed by atoms with Crippen LogP contribution in [0.5, 0.6) is 0 Å². The highest BCUT2D eigenvalue weighted by Gasteiger charge is 1.86. The van der Waals surface area contributed by atoms with Crippen LogP contribution in [0.25, 0.3) is 5.57 Å². The Kier molecular flexibility index (Phi) is 3.48. The van der Waals surface area contributed by atoms with Crippen molar-refractivity contribution in [2.45, 2.75) is 6.92 Å². The van der Waals surface area contributed by atoms with Gasteiger partial charge in [0.25, 0.3) is 0 Å². The van der Waals surface area contributed by atoms with Gasteiger partial charge in [-0.05, 0) is 12.5 Å². The van der Waals surface area contributed by atoms with Gasteiger partial charge in [-0.15, -0.1) is 0 Å². The van der Waals surface area contributed by atoms with E-state index in [1.807, 2.05) is 25.1 Å². The van der Waals surface area contributed by atoms with E-state index in [2.05, 4.69) is 18.7 Å². The summed E-state index contributed by atoms with van der Waals surface area (Å²) in [5, 5.41) is 0. The second-order valence-corrected chi connectivity index (χ2v) is 2.15. The third-order valence-corrected chi connectivity index (χ3v) is 1.27. The molecule has 0 unspecified atom stereocenters. The molecule has 10 heavy (non-hydrogen) atoms. The monoisotopic (exact) mass is 130 g/mol. The number of allylic oxidation sites excluding steroid dienone is 1. The molecule has 0 aliphatic carbocycles. The number of hydrogen-bond donors (Lipinski definition) is 0. The Hall–Kier alpha value is -1.04. The van der Waals surface area contributed by atoms with Crippen molar-refractivity contribution in [3.05, 3.63) is 49.9 Å². The van der Waals surface area contributed by atoms with E-state index in [4.69, 9.17) is 0 Å². The van der Waals surface area contributed by atoms with E-state index in [1.165, 1.54) is 5.56 Å². The quantitative estimate of drug-likeness (QED) is 0.548. The van der Waals surface area contributed by atoms with E-state index in [1.54, 1.807) is 0 Å². The highest BCUT2D eigenvalue weighted by molar-refractivity contribution is 5.60. The predicted molar refractivity (Wildman–Crippen MR) is 44.4 cm³/mol. The molecule has 50 valence electrons. The number of benzene rings is 1. The molecule has 1 rings (SSSR count). The first kappa shape index (κ1) is 8.96. The van der Waals surface area contributed by atoms with Crippen LogP contribution in [0.1, 0.15) is 12.5 Å². The maximum absolute atomic E-state index is 3.83. The molecule has 0 spiro atoms. The standard InChI is InChI=1S/C9H10.C/c1-8(2)9-6-4-3-5-7-9;/h3-7H,1H2,2H3;. The lowest BCUT2D eigenvalue weighted by atomic mass is 10.1. The van der Waals surface area contributed by atoms with Crippen molar-refractivity contribution in [1.29, 1.82) is 0 Å². The number of rotatable bonds is 1. The molecule has 0 heteroatoms. The highest BCUT2D eigenvalue weighted by atomic mass is 13.9. The molecule has 0 aliphatic rings. The normalized spacial score (nSPS) is 8.10. The van der Waals surface area contributed by atoms with Crippen LogP contribution >= 0.6 is 0 Å². The van der Waals surface area contributed by atoms with Gasteiger partial charge in [0.05, 0.1) is 0 Å². The zero-order valence-corrected chi connectivity index (χ0v) is 6.09. The van der Waals surface area contributed by atoms with Crippen LogP contribution in [-0.2, 0) is 0 Å². The smallest absolute Gasteiger partial charge is 0 e. The highest BCUT2D eigenvalue weighted by Crippen LogP contribution is 2.08. The van der Waals surface area contributed by atoms with Gasteiger partial charge in [0.1, 0.15) is 0 Å². The predicted octanol–water partition coefficient (Wildman–Crippen LogP) is 2.80. The molecular formula is C10H10. The fraction of sp³-hybridized carbons (Fsp3) is 0.100. The van der Waals surface area contributed by atoms with Crippen molar-refractivity contribution in [3.8, 4) is 0 Å². The fourth-order valence-corrected chi connectivity index (χ4v) is 0.723. The molecule has 0 nitrogen and oxygen atoms in total. The first-order valence-corrected chi connectivity index (χ1v) is 3.01. The van der Waals surface area contributed by atoms with Gasteiger partial charge in [-0.1, -0.05) is 42.5 Å². The van der Waals surface area contributed by atoms with E-state index in [0.29, 0.717) is 0 Å². The lowest BCUT2D eigenvalue weighted by Gasteiger charge is -1.94. The second-order valence-electron chi connectivity index (χ2n) is 2.15. The Morgan fingerprint density at radius 1 is 1.20 bits per heavy atom. The summed E-state index contributed by atoms with van der Waals surface area (Å²) in [4.78, 5) is 0. The average Bonchev–Trinajstić information content (AvgIpc) is 1.90. The minimum absolute atomic E-state index is 0. The largest absolute Gasteiger partial charge is 0.0955 e. The summed E-state index contributed by atoms with van der Waals surface area (Å²) in [6.45, 7) is 5.83. The minimum atomic E-state index is 0. The Bertz CT molecular complexity index is 197. The molecule has 0 fully saturated rings. The van der Waals surface area contributed by atoms with Crippen LogP contribution in [0, 0.1) is 7.43 Å². The summed E-state index contributed by atoms with van der Waals surface area (Å²) < 4.78 is 0. The summed E-state index contributed by atoms with van der Waals surface area (Å²) in [6, 6.07) is 10.2. The zero-order chi connectivity index (χ0) is 6.69. The van der Waals surface area contributed by atoms with Gasteiger partial charge in [0.15, 0.2) is 0 Å². The van der Waals surface area contributed by atoms with Crippen LogP contribution in [0.2, 0.25) is 0 Å². The SMILES string of the molecule is C=C(C)c1ccccc1.[C]. The Morgan fingerprint density at radius 2 is 1.70 bits per heavy atom. The molecule has 0 aromatic heterocycles. The molecule has 1 aromatic carbocycles. The minimum Gasteiger partial charge on any atom is -0.0955 e. The molecule has 0 N–H and O–H groups in total. The molecule has 0 amide bonds. The molecule has 0 heterocycles. The van der Waals surface area contributed by atoms with Crippen molar-refractivity contribution in [1.82, 2.24) is 0 Å². The lowest BCUT2D eigenvalue weighted by Crippen LogP contribution is -1.72. The number of hydrogen-bond acceptors (Lipinski definition) is 0. The first-order valence-electron chi connectivity index (χ1n) is 3.01. The van der Waals surface area contributed by atoms with Crippen molar-refractivity contribution in [3.63, 3.8) is 0 Å². The van der Waals surface area contributed by atoms with Crippen molar-refractivity contribution in [2.75, 3.05) is 0 Å². The molecule has 0 bridgehead atoms. The summed E-state index contributed by atoms with van der Waals surface area (Å²) >= 11 is 0. The third-order valence-electron chi connectivity index (χ3n) is 1.27. The average molecular weight is 130 g/mol. The van der Waals surface area contributed by atoms with E-state index in [9.17, 15) is 0 Å². The van der Waals surface area contributed by atoms with E-state index in [-0.39, 0.29) is 7.43 Å². The molecule has 0 saturated carbocycles. The lowest BCUT2D eigenvalue weighted by molar-refractivity contribution is 1.58. The molecule has 0 aliphatic heterocycles. The Morgan fingerprint density at radius 3 is 2.00 bits per heavy atom. The summed E-state index contributed by atoms with van der Waals surface area (Å²) in [6.07, 6.45) is 0. The van der Waals surface area contributed by atoms with Crippen LogP contribution in [0.15, 0.2) is 36.9 Å². The zero-order valence-electron chi connectivity index (χ0n) is 6.09. The topological polar surface area (TPSA) is 0 Å². The van der Waals surface area contributed by atoms with Gasteiger partial charge in [-0.25, -0.2) is 0 Å². The van der Waals surface area contributed by atoms with E-state index < -0.39 is 0 Å². The molecule has 0 atom stereocenters. The van der Waals surface area contributed by atoms with E-state index >= 15 is 0 Å². The van der Waals surface area contributed by atoms with Crippen LogP contribution in [0.4, 0.5) is 0 Å². The summed E-state index contributed by atoms with van der Waals surface area (Å²) in [5.74, 6) is 0. The maximum Gasteiger partial charge on any atom is 0 e. The van der Waals surface area contributed by atoms with Crippen molar-refractivity contribution >= 4 is 5.57 Å². The first-order chi connectivity index (χ1) is 4.30. The van der Waals surface area contributed by atoms with Crippen LogP contribution in [-0.4, -0.2) is 0 Å². The molecule has 1 aromatic rings. The maximum atomic E-state index is 3.83. The summed E-state index contributed by atoms with van der Waals surface area (Å²) in [7, 11) is 0. The summed E-state index contributed by atoms with van der Waals surface area (Å²) in [5.41, 5.74) is 2.34. The molecule has 0 saturated heterocycles. The second kappa shape index (κ2) is 3.89. The Balaban J connectivity index is 0.000000810. The van der Waals surface area contributed by atoms with E-state index in [0.717, 1.165) is 5.57 Å². The molecule has 4 radical (unpaired) electrons.